The molecular weight excluding hydrogens is 460 g/mol. The van der Waals surface area contributed by atoms with Gasteiger partial charge in [0.1, 0.15) is 24.4 Å². The number of nitrogens with zero attached hydrogens (tertiary/aromatic N) is 1. The summed E-state index contributed by atoms with van der Waals surface area (Å²) >= 11 is 0. The van der Waals surface area contributed by atoms with Crippen molar-refractivity contribution in [3.8, 4) is 0 Å². The minimum absolute atomic E-state index is 0.0385. The maximum absolute atomic E-state index is 14.6. The molecule has 1 unspecified atom stereocenters. The number of benzene rings is 1. The Morgan fingerprint density at radius 2 is 1.83 bits per heavy atom. The van der Waals surface area contributed by atoms with Crippen LogP contribution < -0.4 is 16.7 Å². The van der Waals surface area contributed by atoms with Gasteiger partial charge in [0.25, 0.3) is 5.91 Å². The molecule has 1 heterocycles. The van der Waals surface area contributed by atoms with Gasteiger partial charge in [-0.3, -0.25) is 25.0 Å². The topological polar surface area (TPSA) is 131 Å². The standard InChI is InChI=1S/C27H42N4O5/c1-5-14-27(19-20(2)3,26(34)29-28)24(32)23(31(4)15-17-36-18-16-31)22(25(33)30-35)13-9-12-21-10-7-6-8-11-21/h6-12,20,22-23H,5,13-19,28H2,1-4H3,(H2-,29,30,33,34,35)/p+1/b12-9+/t22-,23+,27?/m0/s1. The number of Topliss-reactive ketones (excluding diaryl/α,β-unsaturated/α-hetero) is 1. The quantitative estimate of drug-likeness (QED) is 0.0817. The third-order valence-electron chi connectivity index (χ3n) is 7.23. The molecule has 0 radical (unpaired) electrons. The molecule has 2 amide bonds. The van der Waals surface area contributed by atoms with Crippen LogP contribution in [0.4, 0.5) is 0 Å². The predicted octanol–water partition coefficient (Wildman–Crippen LogP) is 2.45. The highest BCUT2D eigenvalue weighted by Crippen LogP contribution is 2.39. The molecule has 9 nitrogen and oxygen atoms in total. The number of quaternary nitrogens is 1. The van der Waals surface area contributed by atoms with Crippen LogP contribution in [0.25, 0.3) is 6.08 Å². The smallest absolute Gasteiger partial charge is 0.253 e. The highest BCUT2D eigenvalue weighted by atomic mass is 16.5. The highest BCUT2D eigenvalue weighted by molar-refractivity contribution is 6.09. The van der Waals surface area contributed by atoms with Crippen molar-refractivity contribution in [2.75, 3.05) is 33.4 Å². The van der Waals surface area contributed by atoms with Gasteiger partial charge >= 0.3 is 0 Å². The Kier molecular flexibility index (Phi) is 11.2. The van der Waals surface area contributed by atoms with E-state index >= 15 is 0 Å². The lowest BCUT2D eigenvalue weighted by Gasteiger charge is -2.48. The molecule has 0 aromatic heterocycles. The van der Waals surface area contributed by atoms with E-state index in [1.807, 2.05) is 70.3 Å². The van der Waals surface area contributed by atoms with Crippen LogP contribution in [-0.2, 0) is 19.1 Å². The number of carbonyl (C=O) groups excluding carboxylic acids is 3. The zero-order valence-corrected chi connectivity index (χ0v) is 22.0. The van der Waals surface area contributed by atoms with Gasteiger partial charge in [-0.05, 0) is 30.7 Å². The molecule has 0 bridgehead atoms. The molecule has 1 aromatic rings. The fourth-order valence-electron chi connectivity index (χ4n) is 5.50. The summed E-state index contributed by atoms with van der Waals surface area (Å²) in [6.07, 6.45) is 5.15. The van der Waals surface area contributed by atoms with Crippen LogP contribution in [0.2, 0.25) is 0 Å². The number of nitrogens with two attached hydrogens (primary N) is 1. The first-order chi connectivity index (χ1) is 17.1. The fourth-order valence-corrected chi connectivity index (χ4v) is 5.50. The van der Waals surface area contributed by atoms with Gasteiger partial charge in [0.15, 0.2) is 6.04 Å². The average Bonchev–Trinajstić information content (AvgIpc) is 2.87. The molecule has 36 heavy (non-hydrogen) atoms. The highest BCUT2D eigenvalue weighted by Gasteiger charge is 2.56. The number of hydrogen-bond donors (Lipinski definition) is 4. The van der Waals surface area contributed by atoms with E-state index in [2.05, 4.69) is 5.43 Å². The van der Waals surface area contributed by atoms with Gasteiger partial charge in [0.2, 0.25) is 11.7 Å². The molecule has 1 aliphatic heterocycles. The summed E-state index contributed by atoms with van der Waals surface area (Å²) in [7, 11) is 1.93. The van der Waals surface area contributed by atoms with Crippen LogP contribution >= 0.6 is 0 Å². The number of nitrogens with one attached hydrogen (secondary N) is 2. The van der Waals surface area contributed by atoms with Gasteiger partial charge in [-0.25, -0.2) is 11.3 Å². The van der Waals surface area contributed by atoms with Crippen molar-refractivity contribution in [1.29, 1.82) is 0 Å². The Morgan fingerprint density at radius 3 is 2.36 bits per heavy atom. The van der Waals surface area contributed by atoms with Crippen LogP contribution in [-0.4, -0.2) is 66.7 Å². The minimum atomic E-state index is -1.39. The predicted molar refractivity (Wildman–Crippen MR) is 138 cm³/mol. The molecule has 0 saturated carbocycles. The van der Waals surface area contributed by atoms with Crippen LogP contribution in [0.1, 0.15) is 52.0 Å². The Bertz CT molecular complexity index is 899. The molecule has 0 spiro atoms. The average molecular weight is 504 g/mol. The molecule has 200 valence electrons. The number of ether oxygens (including phenoxy) is 1. The SMILES string of the molecule is CCCC(CC(C)C)(C(=O)NN)C(=O)[C@@H]([C@H](C/C=C/c1ccccc1)C(=O)NO)[N+]1(C)CCOCC1. The van der Waals surface area contributed by atoms with Gasteiger partial charge in [0, 0.05) is 0 Å². The number of hydrazine groups is 1. The maximum Gasteiger partial charge on any atom is 0.253 e. The first-order valence-electron chi connectivity index (χ1n) is 12.8. The first kappa shape index (κ1) is 29.6. The number of carbonyl (C=O) groups is 3. The van der Waals surface area contributed by atoms with Crippen molar-refractivity contribution in [1.82, 2.24) is 10.9 Å². The molecule has 5 N–H and O–H groups in total. The third kappa shape index (κ3) is 7.00. The molecular formula is C27H43N4O5+. The number of allylic oxidation sites excluding steroid dienone is 1. The summed E-state index contributed by atoms with van der Waals surface area (Å²) in [6, 6.07) is 8.75. The molecule has 1 saturated heterocycles. The third-order valence-corrected chi connectivity index (χ3v) is 7.23. The van der Waals surface area contributed by atoms with E-state index in [0.717, 1.165) is 5.56 Å². The van der Waals surface area contributed by atoms with Crippen LogP contribution in [0, 0.1) is 17.3 Å². The second-order valence-corrected chi connectivity index (χ2v) is 10.4. The van der Waals surface area contributed by atoms with Crippen molar-refractivity contribution in [3.05, 3.63) is 42.0 Å². The van der Waals surface area contributed by atoms with Gasteiger partial charge < -0.3 is 9.22 Å². The molecule has 1 aliphatic rings. The summed E-state index contributed by atoms with van der Waals surface area (Å²) < 4.78 is 5.81. The van der Waals surface area contributed by atoms with E-state index in [4.69, 9.17) is 10.6 Å². The van der Waals surface area contributed by atoms with Crippen molar-refractivity contribution in [2.45, 2.75) is 52.5 Å². The Labute approximate surface area is 214 Å². The molecule has 1 fully saturated rings. The lowest BCUT2D eigenvalue weighted by Crippen LogP contribution is -2.68. The zero-order valence-electron chi connectivity index (χ0n) is 22.0. The summed E-state index contributed by atoms with van der Waals surface area (Å²) in [6.45, 7) is 7.71. The normalized spacial score (nSPS) is 18.9. The van der Waals surface area contributed by atoms with Gasteiger partial charge in [-0.15, -0.1) is 0 Å². The molecule has 9 heteroatoms. The lowest BCUT2D eigenvalue weighted by atomic mass is 9.67. The van der Waals surface area contributed by atoms with Gasteiger partial charge in [0.05, 0.1) is 20.3 Å². The summed E-state index contributed by atoms with van der Waals surface area (Å²) in [4.78, 5) is 41.1. The van der Waals surface area contributed by atoms with E-state index < -0.39 is 29.2 Å². The summed E-state index contributed by atoms with van der Waals surface area (Å²) in [5.74, 6) is 3.25. The van der Waals surface area contributed by atoms with Crippen molar-refractivity contribution in [3.63, 3.8) is 0 Å². The number of likely N-dealkylation sites (N-methyl/N-ethyl adjacent to an activating group) is 1. The fraction of sp³-hybridized carbons (Fsp3) is 0.593. The number of amides is 2. The minimum Gasteiger partial charge on any atom is -0.370 e. The molecule has 1 aromatic carbocycles. The van der Waals surface area contributed by atoms with Crippen LogP contribution in [0.3, 0.4) is 0 Å². The van der Waals surface area contributed by atoms with E-state index in [1.54, 1.807) is 5.48 Å². The molecule has 2 rings (SSSR count). The van der Waals surface area contributed by atoms with Crippen molar-refractivity contribution < 1.29 is 28.8 Å². The van der Waals surface area contributed by atoms with Crippen LogP contribution in [0.15, 0.2) is 36.4 Å². The van der Waals surface area contributed by atoms with Gasteiger partial charge in [-0.2, -0.15) is 0 Å². The lowest BCUT2D eigenvalue weighted by molar-refractivity contribution is -0.934. The van der Waals surface area contributed by atoms with E-state index in [1.165, 1.54) is 0 Å². The number of morpholine rings is 1. The number of hydrogen-bond acceptors (Lipinski definition) is 6. The summed E-state index contributed by atoms with van der Waals surface area (Å²) in [5.41, 5.74) is 3.59. The summed E-state index contributed by atoms with van der Waals surface area (Å²) in [5, 5.41) is 9.68. The van der Waals surface area contributed by atoms with E-state index in [-0.39, 0.29) is 22.6 Å². The molecule has 0 aliphatic carbocycles. The zero-order chi connectivity index (χ0) is 26.8. The Hall–Kier alpha value is -2.59. The Morgan fingerprint density at radius 1 is 1.19 bits per heavy atom. The Balaban J connectivity index is 2.62. The molecule has 3 atom stereocenters. The largest absolute Gasteiger partial charge is 0.370 e. The van der Waals surface area contributed by atoms with E-state index in [0.29, 0.717) is 45.6 Å². The van der Waals surface area contributed by atoms with Gasteiger partial charge in [-0.1, -0.05) is 69.7 Å². The second-order valence-electron chi connectivity index (χ2n) is 10.4. The second kappa shape index (κ2) is 13.6. The monoisotopic (exact) mass is 503 g/mol. The number of rotatable bonds is 13. The number of ketones is 1. The first-order valence-corrected chi connectivity index (χ1v) is 12.8. The van der Waals surface area contributed by atoms with Crippen LogP contribution in [0.5, 0.6) is 0 Å². The van der Waals surface area contributed by atoms with Crippen molar-refractivity contribution >= 4 is 23.7 Å². The van der Waals surface area contributed by atoms with Crippen molar-refractivity contribution in [2.24, 2.45) is 23.1 Å². The number of hydroxylamine groups is 1. The maximum atomic E-state index is 14.6. The van der Waals surface area contributed by atoms with E-state index in [9.17, 15) is 19.6 Å².